The molecule has 4 N–H and O–H groups in total. The zero-order chi connectivity index (χ0) is 44.2. The number of phosphoric ester groups is 1. The summed E-state index contributed by atoms with van der Waals surface area (Å²) in [6, 6.07) is -1.52. The van der Waals surface area contributed by atoms with Crippen molar-refractivity contribution in [3.8, 4) is 0 Å². The molecule has 60 heavy (non-hydrogen) atoms. The molecule has 3 atom stereocenters. The van der Waals surface area contributed by atoms with Crippen molar-refractivity contribution in [1.29, 1.82) is 0 Å². The maximum atomic E-state index is 12.7. The number of phosphoric acid groups is 1. The highest BCUT2D eigenvalue weighted by Crippen LogP contribution is 2.43. The molecule has 12 heteroatoms. The molecule has 0 amide bonds. The molecule has 0 aromatic rings. The van der Waals surface area contributed by atoms with Crippen molar-refractivity contribution < 1.29 is 47.5 Å². The standard InChI is InChI=1S/C48H88NO10P/c1-3-5-7-9-11-13-15-17-18-19-20-21-22-23-24-25-26-28-30-32-34-36-38-40-47(51)59-44(42-57-60(54,55)58-43-45(49)48(52)53)41-56-46(50)39-37-35-33-31-29-27-16-14-12-10-8-6-4-2/h14-17,19-20,44-45H,3-13,18,21-43,49H2,1-2H3,(H,52,53)(H,54,55)/b16-14-,17-15-,20-19-. The number of hydrogen-bond donors (Lipinski definition) is 3. The molecular formula is C48H88NO10P. The lowest BCUT2D eigenvalue weighted by atomic mass is 10.0. The Labute approximate surface area is 365 Å². The van der Waals surface area contributed by atoms with E-state index in [1.165, 1.54) is 116 Å². The summed E-state index contributed by atoms with van der Waals surface area (Å²) in [4.78, 5) is 46.0. The number of carboxylic acids is 1. The van der Waals surface area contributed by atoms with Gasteiger partial charge in [0.2, 0.25) is 0 Å². The number of rotatable bonds is 45. The van der Waals surface area contributed by atoms with Crippen LogP contribution in [-0.2, 0) is 37.5 Å². The Morgan fingerprint density at radius 1 is 0.517 bits per heavy atom. The Bertz CT molecular complexity index is 1160. The minimum absolute atomic E-state index is 0.158. The summed E-state index contributed by atoms with van der Waals surface area (Å²) in [7, 11) is -4.72. The van der Waals surface area contributed by atoms with Crippen LogP contribution >= 0.6 is 7.82 Å². The fourth-order valence-corrected chi connectivity index (χ4v) is 7.34. The van der Waals surface area contributed by atoms with E-state index in [0.29, 0.717) is 12.8 Å². The molecule has 3 unspecified atom stereocenters. The molecule has 0 aromatic heterocycles. The second-order valence-corrected chi connectivity index (χ2v) is 17.7. The number of ether oxygens (including phenoxy) is 2. The van der Waals surface area contributed by atoms with Crippen molar-refractivity contribution in [2.75, 3.05) is 19.8 Å². The molecular weight excluding hydrogens is 781 g/mol. The minimum Gasteiger partial charge on any atom is -0.480 e. The van der Waals surface area contributed by atoms with Crippen LogP contribution in [0, 0.1) is 0 Å². The number of carboxylic acid groups (broad SMARTS) is 1. The largest absolute Gasteiger partial charge is 0.480 e. The molecule has 0 aliphatic carbocycles. The number of nitrogens with two attached hydrogens (primary N) is 1. The predicted molar refractivity (Wildman–Crippen MR) is 245 cm³/mol. The maximum Gasteiger partial charge on any atom is 0.472 e. The third kappa shape index (κ3) is 42.4. The van der Waals surface area contributed by atoms with Gasteiger partial charge in [-0.25, -0.2) is 4.57 Å². The van der Waals surface area contributed by atoms with E-state index in [2.05, 4.69) is 54.8 Å². The zero-order valence-electron chi connectivity index (χ0n) is 38.1. The van der Waals surface area contributed by atoms with E-state index in [-0.39, 0.29) is 19.4 Å². The van der Waals surface area contributed by atoms with E-state index >= 15 is 0 Å². The normalized spacial score (nSPS) is 13.9. The number of allylic oxidation sites excluding steroid dienone is 6. The van der Waals surface area contributed by atoms with Crippen LogP contribution in [0.4, 0.5) is 0 Å². The van der Waals surface area contributed by atoms with Crippen LogP contribution in [0.15, 0.2) is 36.5 Å². The number of unbranched alkanes of at least 4 members (excludes halogenated alkanes) is 25. The Morgan fingerprint density at radius 3 is 1.33 bits per heavy atom. The molecule has 0 heterocycles. The summed E-state index contributed by atoms with van der Waals surface area (Å²) in [5.74, 6) is -2.39. The van der Waals surface area contributed by atoms with E-state index in [9.17, 15) is 23.8 Å². The van der Waals surface area contributed by atoms with Gasteiger partial charge >= 0.3 is 25.7 Å². The van der Waals surface area contributed by atoms with Gasteiger partial charge in [-0.3, -0.25) is 23.4 Å². The van der Waals surface area contributed by atoms with E-state index in [1.54, 1.807) is 0 Å². The van der Waals surface area contributed by atoms with Gasteiger partial charge in [-0.1, -0.05) is 172 Å². The van der Waals surface area contributed by atoms with Gasteiger partial charge in [0, 0.05) is 12.8 Å². The monoisotopic (exact) mass is 870 g/mol. The summed E-state index contributed by atoms with van der Waals surface area (Å²) in [5.41, 5.74) is 5.34. The minimum atomic E-state index is -4.72. The molecule has 0 rings (SSSR count). The molecule has 0 aromatic carbocycles. The van der Waals surface area contributed by atoms with Crippen LogP contribution in [0.5, 0.6) is 0 Å². The molecule has 0 saturated carbocycles. The molecule has 0 bridgehead atoms. The number of carbonyl (C=O) groups is 3. The van der Waals surface area contributed by atoms with Gasteiger partial charge in [0.25, 0.3) is 0 Å². The first-order valence-corrected chi connectivity index (χ1v) is 25.5. The average Bonchev–Trinajstić information content (AvgIpc) is 3.22. The Morgan fingerprint density at radius 2 is 0.883 bits per heavy atom. The highest BCUT2D eigenvalue weighted by Gasteiger charge is 2.28. The second kappa shape index (κ2) is 43.4. The molecule has 0 aliphatic rings. The Hall–Kier alpha value is -2.30. The molecule has 0 fully saturated rings. The van der Waals surface area contributed by atoms with Crippen molar-refractivity contribution >= 4 is 25.7 Å². The van der Waals surface area contributed by atoms with E-state index < -0.39 is 51.1 Å². The number of hydrogen-bond acceptors (Lipinski definition) is 9. The first kappa shape index (κ1) is 57.7. The third-order valence-electron chi connectivity index (χ3n) is 10.4. The van der Waals surface area contributed by atoms with Crippen molar-refractivity contribution in [2.45, 2.75) is 231 Å². The Kier molecular flexibility index (Phi) is 41.7. The molecule has 0 radical (unpaired) electrons. The average molecular weight is 870 g/mol. The van der Waals surface area contributed by atoms with Gasteiger partial charge in [-0.05, 0) is 70.6 Å². The van der Waals surface area contributed by atoms with Crippen molar-refractivity contribution in [3.05, 3.63) is 36.5 Å². The number of aliphatic carboxylic acids is 1. The highest BCUT2D eigenvalue weighted by molar-refractivity contribution is 7.47. The van der Waals surface area contributed by atoms with Crippen LogP contribution in [-0.4, -0.2) is 59.9 Å². The van der Waals surface area contributed by atoms with Gasteiger partial charge in [0.05, 0.1) is 13.2 Å². The van der Waals surface area contributed by atoms with Crippen molar-refractivity contribution in [3.63, 3.8) is 0 Å². The van der Waals surface area contributed by atoms with Crippen molar-refractivity contribution in [1.82, 2.24) is 0 Å². The maximum absolute atomic E-state index is 12.7. The van der Waals surface area contributed by atoms with E-state index in [1.807, 2.05) is 0 Å². The lowest BCUT2D eigenvalue weighted by molar-refractivity contribution is -0.161. The molecule has 0 saturated heterocycles. The summed E-state index contributed by atoms with van der Waals surface area (Å²) in [5, 5.41) is 8.90. The van der Waals surface area contributed by atoms with Crippen LogP contribution in [0.25, 0.3) is 0 Å². The summed E-state index contributed by atoms with van der Waals surface area (Å²) < 4.78 is 32.8. The van der Waals surface area contributed by atoms with Crippen molar-refractivity contribution in [2.24, 2.45) is 5.73 Å². The van der Waals surface area contributed by atoms with Gasteiger partial charge in [-0.15, -0.1) is 0 Å². The SMILES string of the molecule is CCCCCC/C=C\CCCCCCCC(=O)OCC(COP(=O)(O)OCC(N)C(=O)O)OC(=O)CCCCCCCCCCCCC/C=C\C/C=C\CCCCCCC. The molecule has 350 valence electrons. The fourth-order valence-electron chi connectivity index (χ4n) is 6.56. The van der Waals surface area contributed by atoms with Gasteiger partial charge in [-0.2, -0.15) is 0 Å². The second-order valence-electron chi connectivity index (χ2n) is 16.2. The smallest absolute Gasteiger partial charge is 0.472 e. The molecule has 11 nitrogen and oxygen atoms in total. The molecule has 0 aliphatic heterocycles. The number of carbonyl (C=O) groups excluding carboxylic acids is 2. The lowest BCUT2D eigenvalue weighted by Crippen LogP contribution is -2.34. The first-order chi connectivity index (χ1) is 29.1. The lowest BCUT2D eigenvalue weighted by Gasteiger charge is -2.20. The zero-order valence-corrected chi connectivity index (χ0v) is 38.9. The van der Waals surface area contributed by atoms with Crippen LogP contribution in [0.3, 0.4) is 0 Å². The Balaban J connectivity index is 4.25. The van der Waals surface area contributed by atoms with Gasteiger partial charge in [0.15, 0.2) is 6.10 Å². The summed E-state index contributed by atoms with van der Waals surface area (Å²) in [6.07, 6.45) is 47.8. The summed E-state index contributed by atoms with van der Waals surface area (Å²) in [6.45, 7) is 2.78. The van der Waals surface area contributed by atoms with Gasteiger partial charge in [0.1, 0.15) is 12.6 Å². The number of esters is 2. The highest BCUT2D eigenvalue weighted by atomic mass is 31.2. The van der Waals surface area contributed by atoms with Crippen LogP contribution in [0.2, 0.25) is 0 Å². The van der Waals surface area contributed by atoms with Crippen LogP contribution < -0.4 is 5.73 Å². The first-order valence-electron chi connectivity index (χ1n) is 24.0. The predicted octanol–water partition coefficient (Wildman–Crippen LogP) is 13.2. The molecule has 0 spiro atoms. The quantitative estimate of drug-likeness (QED) is 0.0230. The van der Waals surface area contributed by atoms with Crippen LogP contribution in [0.1, 0.15) is 219 Å². The van der Waals surface area contributed by atoms with Gasteiger partial charge < -0.3 is 25.2 Å². The fraction of sp³-hybridized carbons (Fsp3) is 0.812. The topological polar surface area (TPSA) is 172 Å². The van der Waals surface area contributed by atoms with E-state index in [4.69, 9.17) is 24.8 Å². The van der Waals surface area contributed by atoms with E-state index in [0.717, 1.165) is 64.2 Å². The third-order valence-corrected chi connectivity index (χ3v) is 11.3. The summed E-state index contributed by atoms with van der Waals surface area (Å²) >= 11 is 0.